The molecule has 0 radical (unpaired) electrons. The maximum atomic E-state index is 10.6. The molecule has 1 aromatic heterocycles. The molecule has 5 nitrogen and oxygen atoms in total. The van der Waals surface area contributed by atoms with Crippen LogP contribution in [0.25, 0.3) is 10.9 Å². The summed E-state index contributed by atoms with van der Waals surface area (Å²) in [5.74, 6) is 0.976. The Morgan fingerprint density at radius 3 is 2.78 bits per heavy atom. The second kappa shape index (κ2) is 5.00. The monoisotopic (exact) mass is 246 g/mol. The number of ether oxygens (including phenoxy) is 1. The molecule has 0 atom stereocenters. The minimum absolute atomic E-state index is 0.0696. The first-order valence-corrected chi connectivity index (χ1v) is 5.74. The fraction of sp³-hybridized carbons (Fsp3) is 0.308. The van der Waals surface area contributed by atoms with E-state index < -0.39 is 4.92 Å². The highest BCUT2D eigenvalue weighted by Gasteiger charge is 2.07. The van der Waals surface area contributed by atoms with Gasteiger partial charge in [0.15, 0.2) is 0 Å². The largest absolute Gasteiger partial charge is 0.477 e. The van der Waals surface area contributed by atoms with Crippen LogP contribution in [-0.2, 0) is 0 Å². The summed E-state index contributed by atoms with van der Waals surface area (Å²) >= 11 is 0. The molecule has 0 saturated heterocycles. The van der Waals surface area contributed by atoms with Crippen molar-refractivity contribution < 1.29 is 9.66 Å². The minimum atomic E-state index is -0.414. The molecule has 0 fully saturated rings. The van der Waals surface area contributed by atoms with Crippen molar-refractivity contribution in [3.05, 3.63) is 40.4 Å². The summed E-state index contributed by atoms with van der Waals surface area (Å²) in [7, 11) is 0. The molecule has 18 heavy (non-hydrogen) atoms. The number of hydrogen-bond acceptors (Lipinski definition) is 4. The Morgan fingerprint density at radius 1 is 1.33 bits per heavy atom. The molecule has 0 bridgehead atoms. The summed E-state index contributed by atoms with van der Waals surface area (Å²) < 4.78 is 5.51. The number of aromatic nitrogens is 1. The van der Waals surface area contributed by atoms with Crippen molar-refractivity contribution in [1.82, 2.24) is 4.98 Å². The van der Waals surface area contributed by atoms with Gasteiger partial charge in [-0.2, -0.15) is 0 Å². The first-order chi connectivity index (χ1) is 8.56. The SMILES string of the molecule is CC(C)COc1ccc2cc([N+](=O)[O-])ccc2n1. The number of rotatable bonds is 4. The fourth-order valence-electron chi connectivity index (χ4n) is 1.54. The van der Waals surface area contributed by atoms with Crippen LogP contribution in [-0.4, -0.2) is 16.5 Å². The number of hydrogen-bond donors (Lipinski definition) is 0. The van der Waals surface area contributed by atoms with E-state index in [-0.39, 0.29) is 5.69 Å². The van der Waals surface area contributed by atoms with Gasteiger partial charge in [0.1, 0.15) is 0 Å². The first kappa shape index (κ1) is 12.3. The predicted octanol–water partition coefficient (Wildman–Crippen LogP) is 3.18. The van der Waals surface area contributed by atoms with Crippen molar-refractivity contribution >= 4 is 16.6 Å². The molecule has 0 aliphatic carbocycles. The normalized spacial score (nSPS) is 10.8. The van der Waals surface area contributed by atoms with Gasteiger partial charge < -0.3 is 4.74 Å². The highest BCUT2D eigenvalue weighted by atomic mass is 16.6. The molecule has 2 rings (SSSR count). The second-order valence-corrected chi connectivity index (χ2v) is 4.49. The average molecular weight is 246 g/mol. The molecular formula is C13H14N2O3. The van der Waals surface area contributed by atoms with Crippen molar-refractivity contribution in [2.24, 2.45) is 5.92 Å². The summed E-state index contributed by atoms with van der Waals surface area (Å²) in [6.45, 7) is 4.72. The summed E-state index contributed by atoms with van der Waals surface area (Å²) in [6, 6.07) is 8.10. The predicted molar refractivity (Wildman–Crippen MR) is 68.7 cm³/mol. The summed E-state index contributed by atoms with van der Waals surface area (Å²) in [6.07, 6.45) is 0. The number of benzene rings is 1. The quantitative estimate of drug-likeness (QED) is 0.613. The van der Waals surface area contributed by atoms with Crippen LogP contribution in [0.4, 0.5) is 5.69 Å². The van der Waals surface area contributed by atoms with Crippen LogP contribution in [0.3, 0.4) is 0 Å². The van der Waals surface area contributed by atoms with Crippen molar-refractivity contribution in [2.75, 3.05) is 6.61 Å². The van der Waals surface area contributed by atoms with E-state index >= 15 is 0 Å². The third-order valence-electron chi connectivity index (χ3n) is 2.42. The van der Waals surface area contributed by atoms with Crippen LogP contribution in [0.1, 0.15) is 13.8 Å². The average Bonchev–Trinajstić information content (AvgIpc) is 2.35. The number of nitro groups is 1. The molecule has 1 heterocycles. The van der Waals surface area contributed by atoms with Gasteiger partial charge in [0.25, 0.3) is 5.69 Å². The van der Waals surface area contributed by atoms with E-state index in [1.54, 1.807) is 18.2 Å². The van der Waals surface area contributed by atoms with Gasteiger partial charge >= 0.3 is 0 Å². The van der Waals surface area contributed by atoms with Gasteiger partial charge in [0.05, 0.1) is 17.0 Å². The molecule has 0 aliphatic heterocycles. The summed E-state index contributed by atoms with van der Waals surface area (Å²) in [5, 5.41) is 11.4. The molecule has 0 N–H and O–H groups in total. The van der Waals surface area contributed by atoms with Crippen molar-refractivity contribution in [3.63, 3.8) is 0 Å². The topological polar surface area (TPSA) is 65.3 Å². The van der Waals surface area contributed by atoms with Crippen molar-refractivity contribution in [2.45, 2.75) is 13.8 Å². The van der Waals surface area contributed by atoms with Crippen LogP contribution >= 0.6 is 0 Å². The second-order valence-electron chi connectivity index (χ2n) is 4.49. The number of fused-ring (bicyclic) bond motifs is 1. The molecule has 0 saturated carbocycles. The Bertz CT molecular complexity index is 581. The molecule has 2 aromatic rings. The lowest BCUT2D eigenvalue weighted by atomic mass is 10.2. The van der Waals surface area contributed by atoms with E-state index in [9.17, 15) is 10.1 Å². The van der Waals surface area contributed by atoms with Crippen LogP contribution in [0.2, 0.25) is 0 Å². The van der Waals surface area contributed by atoms with Gasteiger partial charge in [-0.1, -0.05) is 13.8 Å². The molecule has 0 unspecified atom stereocenters. The Balaban J connectivity index is 2.29. The summed E-state index contributed by atoms with van der Waals surface area (Å²) in [5.41, 5.74) is 0.766. The lowest BCUT2D eigenvalue weighted by Crippen LogP contribution is -2.05. The van der Waals surface area contributed by atoms with E-state index in [0.29, 0.717) is 23.9 Å². The molecule has 5 heteroatoms. The number of non-ortho nitro benzene ring substituents is 1. The van der Waals surface area contributed by atoms with Crippen LogP contribution < -0.4 is 4.74 Å². The maximum absolute atomic E-state index is 10.6. The Morgan fingerprint density at radius 2 is 2.11 bits per heavy atom. The number of nitrogens with zero attached hydrogens (tertiary/aromatic N) is 2. The zero-order chi connectivity index (χ0) is 13.1. The van der Waals surface area contributed by atoms with Crippen LogP contribution in [0, 0.1) is 16.0 Å². The van der Waals surface area contributed by atoms with E-state index in [1.165, 1.54) is 12.1 Å². The van der Waals surface area contributed by atoms with Crippen molar-refractivity contribution in [3.8, 4) is 5.88 Å². The third kappa shape index (κ3) is 2.74. The summed E-state index contributed by atoms with van der Waals surface area (Å²) in [4.78, 5) is 14.5. The van der Waals surface area contributed by atoms with Crippen LogP contribution in [0.5, 0.6) is 5.88 Å². The fourth-order valence-corrected chi connectivity index (χ4v) is 1.54. The standard InChI is InChI=1S/C13H14N2O3/c1-9(2)8-18-13-6-3-10-7-11(15(16)17)4-5-12(10)14-13/h3-7,9H,8H2,1-2H3. The zero-order valence-electron chi connectivity index (χ0n) is 10.3. The van der Waals surface area contributed by atoms with E-state index in [2.05, 4.69) is 18.8 Å². The van der Waals surface area contributed by atoms with E-state index in [0.717, 1.165) is 5.39 Å². The maximum Gasteiger partial charge on any atom is 0.270 e. The van der Waals surface area contributed by atoms with Gasteiger partial charge in [-0.3, -0.25) is 10.1 Å². The highest BCUT2D eigenvalue weighted by molar-refractivity contribution is 5.81. The zero-order valence-corrected chi connectivity index (χ0v) is 10.3. The van der Waals surface area contributed by atoms with E-state index in [4.69, 9.17) is 4.74 Å². The Labute approximate surface area is 105 Å². The van der Waals surface area contributed by atoms with Crippen LogP contribution in [0.15, 0.2) is 30.3 Å². The smallest absolute Gasteiger partial charge is 0.270 e. The van der Waals surface area contributed by atoms with E-state index in [1.807, 2.05) is 0 Å². The van der Waals surface area contributed by atoms with Gasteiger partial charge in [-0.05, 0) is 18.1 Å². The highest BCUT2D eigenvalue weighted by Crippen LogP contribution is 2.21. The van der Waals surface area contributed by atoms with Crippen molar-refractivity contribution in [1.29, 1.82) is 0 Å². The molecular weight excluding hydrogens is 232 g/mol. The lowest BCUT2D eigenvalue weighted by Gasteiger charge is -2.08. The van der Waals surface area contributed by atoms with Gasteiger partial charge in [-0.15, -0.1) is 0 Å². The molecule has 0 amide bonds. The molecule has 1 aromatic carbocycles. The minimum Gasteiger partial charge on any atom is -0.477 e. The lowest BCUT2D eigenvalue weighted by molar-refractivity contribution is -0.384. The molecule has 94 valence electrons. The Hall–Kier alpha value is -2.17. The number of nitro benzene ring substituents is 1. The van der Waals surface area contributed by atoms with Gasteiger partial charge in [-0.25, -0.2) is 4.98 Å². The van der Waals surface area contributed by atoms with Gasteiger partial charge in [0, 0.05) is 23.6 Å². The molecule has 0 spiro atoms. The molecule has 0 aliphatic rings. The number of pyridine rings is 1. The first-order valence-electron chi connectivity index (χ1n) is 5.74. The van der Waals surface area contributed by atoms with Gasteiger partial charge in [0.2, 0.25) is 5.88 Å². The Kier molecular flexibility index (Phi) is 3.41. The third-order valence-corrected chi connectivity index (χ3v) is 2.42.